The average Bonchev–Trinajstić information content (AvgIpc) is 2.37. The highest BCUT2D eigenvalue weighted by Gasteiger charge is 2.23. The molecule has 1 N–H and O–H groups in total. The quantitative estimate of drug-likeness (QED) is 0.511. The molecule has 6 heteroatoms. The zero-order chi connectivity index (χ0) is 14.0. The van der Waals surface area contributed by atoms with Gasteiger partial charge in [-0.25, -0.2) is 0 Å². The lowest BCUT2D eigenvalue weighted by Crippen LogP contribution is -2.38. The number of Topliss-reactive ketones (excluding diaryl/α,β-unsaturated/α-hetero) is 1. The lowest BCUT2D eigenvalue weighted by atomic mass is 10.0. The molecule has 1 heterocycles. The number of anilines is 1. The molecule has 0 radical (unpaired) electrons. The van der Waals surface area contributed by atoms with Gasteiger partial charge in [0.05, 0.1) is 11.0 Å². The summed E-state index contributed by atoms with van der Waals surface area (Å²) in [6.45, 7) is 2.59. The summed E-state index contributed by atoms with van der Waals surface area (Å²) in [6.07, 6.45) is 1.18. The lowest BCUT2D eigenvalue weighted by Gasteiger charge is -2.33. The molecule has 1 aromatic rings. The lowest BCUT2D eigenvalue weighted by molar-refractivity contribution is -0.384. The first kappa shape index (κ1) is 13.5. The molecule has 0 bridgehead atoms. The summed E-state index contributed by atoms with van der Waals surface area (Å²) in [5.74, 6) is -0.209. The standard InChI is InChI=1S/C13H16N2O4/c1-9(16)12-7-10(15(18)19)4-5-13(12)14-6-2-3-11(17)8-14/h4-5,7,11,17H,2-3,6,8H2,1H3. The SMILES string of the molecule is CC(=O)c1cc([N+](=O)[O-])ccc1N1CCCC(O)C1. The topological polar surface area (TPSA) is 83.7 Å². The van der Waals surface area contributed by atoms with Crippen LogP contribution in [0.5, 0.6) is 0 Å². The number of nitro groups is 1. The Balaban J connectivity index is 2.38. The van der Waals surface area contributed by atoms with Crippen molar-refractivity contribution in [1.82, 2.24) is 0 Å². The first-order valence-electron chi connectivity index (χ1n) is 6.21. The van der Waals surface area contributed by atoms with Gasteiger partial charge in [0.15, 0.2) is 5.78 Å². The summed E-state index contributed by atoms with van der Waals surface area (Å²) in [4.78, 5) is 23.8. The Morgan fingerprint density at radius 3 is 2.84 bits per heavy atom. The normalized spacial score (nSPS) is 19.3. The third kappa shape index (κ3) is 2.90. The van der Waals surface area contributed by atoms with Crippen LogP contribution in [-0.2, 0) is 0 Å². The van der Waals surface area contributed by atoms with Crippen LogP contribution in [-0.4, -0.2) is 35.0 Å². The number of carbonyl (C=O) groups is 1. The predicted molar refractivity (Wildman–Crippen MR) is 70.6 cm³/mol. The molecule has 0 aliphatic carbocycles. The van der Waals surface area contributed by atoms with Gasteiger partial charge in [0.2, 0.25) is 0 Å². The van der Waals surface area contributed by atoms with Crippen molar-refractivity contribution in [3.8, 4) is 0 Å². The summed E-state index contributed by atoms with van der Waals surface area (Å²) in [6, 6.07) is 4.29. The molecule has 1 aliphatic rings. The molecular weight excluding hydrogens is 248 g/mol. The molecule has 6 nitrogen and oxygen atoms in total. The fourth-order valence-corrected chi connectivity index (χ4v) is 2.37. The second kappa shape index (κ2) is 5.36. The molecule has 1 aliphatic heterocycles. The molecule has 19 heavy (non-hydrogen) atoms. The summed E-state index contributed by atoms with van der Waals surface area (Å²) in [5.41, 5.74) is 0.909. The fraction of sp³-hybridized carbons (Fsp3) is 0.462. The minimum atomic E-state index is -0.513. The van der Waals surface area contributed by atoms with E-state index in [1.54, 1.807) is 6.07 Å². The van der Waals surface area contributed by atoms with Crippen molar-refractivity contribution in [3.63, 3.8) is 0 Å². The van der Waals surface area contributed by atoms with Crippen LogP contribution in [0.3, 0.4) is 0 Å². The number of aliphatic hydroxyl groups is 1. The summed E-state index contributed by atoms with van der Waals surface area (Å²) >= 11 is 0. The Morgan fingerprint density at radius 1 is 1.53 bits per heavy atom. The zero-order valence-corrected chi connectivity index (χ0v) is 10.7. The van der Waals surface area contributed by atoms with E-state index in [4.69, 9.17) is 0 Å². The maximum Gasteiger partial charge on any atom is 0.270 e. The molecule has 0 aromatic heterocycles. The minimum absolute atomic E-state index is 0.0912. The van der Waals surface area contributed by atoms with Gasteiger partial charge in [-0.3, -0.25) is 14.9 Å². The van der Waals surface area contributed by atoms with Gasteiger partial charge in [0, 0.05) is 36.5 Å². The third-order valence-electron chi connectivity index (χ3n) is 3.31. The van der Waals surface area contributed by atoms with Gasteiger partial charge in [-0.2, -0.15) is 0 Å². The van der Waals surface area contributed by atoms with Crippen LogP contribution in [0.15, 0.2) is 18.2 Å². The first-order chi connectivity index (χ1) is 8.99. The monoisotopic (exact) mass is 264 g/mol. The van der Waals surface area contributed by atoms with Gasteiger partial charge in [-0.05, 0) is 25.8 Å². The van der Waals surface area contributed by atoms with Gasteiger partial charge in [0.25, 0.3) is 5.69 Å². The van der Waals surface area contributed by atoms with Crippen LogP contribution in [0.1, 0.15) is 30.1 Å². The number of ketones is 1. The molecule has 2 rings (SSSR count). The van der Waals surface area contributed by atoms with Crippen LogP contribution in [0.2, 0.25) is 0 Å². The number of rotatable bonds is 3. The van der Waals surface area contributed by atoms with Crippen LogP contribution < -0.4 is 4.90 Å². The highest BCUT2D eigenvalue weighted by molar-refractivity contribution is 6.00. The van der Waals surface area contributed by atoms with Crippen LogP contribution >= 0.6 is 0 Å². The molecule has 1 fully saturated rings. The zero-order valence-electron chi connectivity index (χ0n) is 10.7. The van der Waals surface area contributed by atoms with Gasteiger partial charge in [0.1, 0.15) is 0 Å². The summed E-state index contributed by atoms with van der Waals surface area (Å²) in [5, 5.41) is 20.4. The average molecular weight is 264 g/mol. The highest BCUT2D eigenvalue weighted by atomic mass is 16.6. The van der Waals surface area contributed by atoms with E-state index in [1.165, 1.54) is 19.1 Å². The van der Waals surface area contributed by atoms with Gasteiger partial charge in [-0.15, -0.1) is 0 Å². The first-order valence-corrected chi connectivity index (χ1v) is 6.21. The Morgan fingerprint density at radius 2 is 2.26 bits per heavy atom. The van der Waals surface area contributed by atoms with E-state index >= 15 is 0 Å². The van der Waals surface area contributed by atoms with E-state index in [-0.39, 0.29) is 11.5 Å². The van der Waals surface area contributed by atoms with Crippen molar-refractivity contribution in [2.75, 3.05) is 18.0 Å². The Kier molecular flexibility index (Phi) is 3.80. The van der Waals surface area contributed by atoms with E-state index in [9.17, 15) is 20.0 Å². The number of benzene rings is 1. The molecule has 102 valence electrons. The molecule has 1 unspecified atom stereocenters. The van der Waals surface area contributed by atoms with Crippen molar-refractivity contribution < 1.29 is 14.8 Å². The number of carbonyl (C=O) groups excluding carboxylic acids is 1. The maximum absolute atomic E-state index is 11.7. The number of piperidine rings is 1. The van der Waals surface area contributed by atoms with Gasteiger partial charge < -0.3 is 10.0 Å². The molecular formula is C13H16N2O4. The number of non-ortho nitro benzene ring substituents is 1. The van der Waals surface area contributed by atoms with Gasteiger partial charge >= 0.3 is 0 Å². The van der Waals surface area contributed by atoms with Crippen LogP contribution in [0.4, 0.5) is 11.4 Å². The highest BCUT2D eigenvalue weighted by Crippen LogP contribution is 2.28. The summed E-state index contributed by atoms with van der Waals surface area (Å²) in [7, 11) is 0. The van der Waals surface area contributed by atoms with E-state index in [2.05, 4.69) is 0 Å². The Hall–Kier alpha value is -1.95. The van der Waals surface area contributed by atoms with Gasteiger partial charge in [-0.1, -0.05) is 0 Å². The number of hydrogen-bond donors (Lipinski definition) is 1. The number of hydrogen-bond acceptors (Lipinski definition) is 5. The molecule has 0 saturated carbocycles. The minimum Gasteiger partial charge on any atom is -0.391 e. The van der Waals surface area contributed by atoms with E-state index < -0.39 is 11.0 Å². The second-order valence-corrected chi connectivity index (χ2v) is 4.76. The van der Waals surface area contributed by atoms with E-state index in [0.29, 0.717) is 17.8 Å². The van der Waals surface area contributed by atoms with Crippen molar-refractivity contribution in [3.05, 3.63) is 33.9 Å². The molecule has 1 saturated heterocycles. The predicted octanol–water partition coefficient (Wildman–Crippen LogP) is 1.76. The maximum atomic E-state index is 11.7. The molecule has 1 atom stereocenters. The smallest absolute Gasteiger partial charge is 0.270 e. The van der Waals surface area contributed by atoms with Crippen LogP contribution in [0, 0.1) is 10.1 Å². The van der Waals surface area contributed by atoms with Crippen molar-refractivity contribution in [1.29, 1.82) is 0 Å². The Labute approximate surface area is 110 Å². The third-order valence-corrected chi connectivity index (χ3v) is 3.31. The number of aliphatic hydroxyl groups excluding tert-OH is 1. The Bertz CT molecular complexity index is 515. The van der Waals surface area contributed by atoms with Crippen molar-refractivity contribution >= 4 is 17.2 Å². The second-order valence-electron chi connectivity index (χ2n) is 4.76. The number of β-amino-alcohol motifs (C(OH)–C–C–N with tert-alkyl or cyclic N) is 1. The van der Waals surface area contributed by atoms with Crippen molar-refractivity contribution in [2.24, 2.45) is 0 Å². The number of nitro benzene ring substituents is 1. The van der Waals surface area contributed by atoms with Crippen LogP contribution in [0.25, 0.3) is 0 Å². The molecule has 0 amide bonds. The number of nitrogens with zero attached hydrogens (tertiary/aromatic N) is 2. The fourth-order valence-electron chi connectivity index (χ4n) is 2.37. The molecule has 1 aromatic carbocycles. The molecule has 0 spiro atoms. The van der Waals surface area contributed by atoms with Crippen molar-refractivity contribution in [2.45, 2.75) is 25.9 Å². The largest absolute Gasteiger partial charge is 0.391 e. The summed E-state index contributed by atoms with van der Waals surface area (Å²) < 4.78 is 0. The van der Waals surface area contributed by atoms with E-state index in [1.807, 2.05) is 4.90 Å². The van der Waals surface area contributed by atoms with E-state index in [0.717, 1.165) is 19.4 Å².